The predicted octanol–water partition coefficient (Wildman–Crippen LogP) is 3.64. The highest BCUT2D eigenvalue weighted by Crippen LogP contribution is 2.28. The zero-order valence-electron chi connectivity index (χ0n) is 14.9. The van der Waals surface area contributed by atoms with E-state index in [-0.39, 0.29) is 24.0 Å². The predicted molar refractivity (Wildman–Crippen MR) is 114 cm³/mol. The van der Waals surface area contributed by atoms with Crippen LogP contribution in [0.25, 0.3) is 0 Å². The molecule has 0 bridgehead atoms. The molecule has 5 nitrogen and oxygen atoms in total. The fraction of sp³-hybridized carbons (Fsp3) is 0.444. The van der Waals surface area contributed by atoms with Crippen molar-refractivity contribution in [3.05, 3.63) is 45.9 Å². The number of rotatable bonds is 4. The second-order valence-corrected chi connectivity index (χ2v) is 6.93. The van der Waals surface area contributed by atoms with E-state index in [9.17, 15) is 0 Å². The van der Waals surface area contributed by atoms with Crippen molar-refractivity contribution in [1.82, 2.24) is 15.2 Å². The molecule has 1 aromatic heterocycles. The van der Waals surface area contributed by atoms with Crippen molar-refractivity contribution in [1.29, 1.82) is 0 Å². The van der Waals surface area contributed by atoms with Crippen LogP contribution in [0.4, 0.5) is 0 Å². The van der Waals surface area contributed by atoms with Crippen LogP contribution in [0.2, 0.25) is 0 Å². The molecule has 1 unspecified atom stereocenters. The van der Waals surface area contributed by atoms with Gasteiger partial charge < -0.3 is 15.0 Å². The number of halogens is 1. The van der Waals surface area contributed by atoms with Crippen LogP contribution in [0.5, 0.6) is 5.75 Å². The molecule has 1 aliphatic rings. The van der Waals surface area contributed by atoms with E-state index in [2.05, 4.69) is 37.7 Å². The Labute approximate surface area is 170 Å². The highest BCUT2D eigenvalue weighted by molar-refractivity contribution is 14.0. The van der Waals surface area contributed by atoms with Gasteiger partial charge in [-0.15, -0.1) is 35.3 Å². The number of hydrogen-bond donors (Lipinski definition) is 1. The molecule has 0 aliphatic carbocycles. The lowest BCUT2D eigenvalue weighted by Crippen LogP contribution is -2.39. The van der Waals surface area contributed by atoms with Crippen LogP contribution in [0.1, 0.15) is 28.6 Å². The summed E-state index contributed by atoms with van der Waals surface area (Å²) >= 11 is 1.69. The normalized spacial score (nSPS) is 17.3. The molecule has 1 atom stereocenters. The van der Waals surface area contributed by atoms with Gasteiger partial charge in [-0.05, 0) is 31.0 Å². The van der Waals surface area contributed by atoms with Crippen LogP contribution < -0.4 is 10.1 Å². The van der Waals surface area contributed by atoms with Crippen molar-refractivity contribution in [3.8, 4) is 5.75 Å². The maximum Gasteiger partial charge on any atom is 0.194 e. The lowest BCUT2D eigenvalue weighted by atomic mass is 9.98. The summed E-state index contributed by atoms with van der Waals surface area (Å²) in [4.78, 5) is 11.3. The molecule has 0 radical (unpaired) electrons. The Morgan fingerprint density at radius 2 is 2.16 bits per heavy atom. The number of hydrogen-bond acceptors (Lipinski definition) is 4. The lowest BCUT2D eigenvalue weighted by molar-refractivity contribution is 0.414. The van der Waals surface area contributed by atoms with Gasteiger partial charge in [0.2, 0.25) is 0 Å². The second-order valence-electron chi connectivity index (χ2n) is 5.99. The summed E-state index contributed by atoms with van der Waals surface area (Å²) in [7, 11) is 3.54. The number of nitrogens with zero attached hydrogens (tertiary/aromatic N) is 3. The van der Waals surface area contributed by atoms with Crippen molar-refractivity contribution >= 4 is 41.3 Å². The molecule has 0 spiro atoms. The van der Waals surface area contributed by atoms with Crippen molar-refractivity contribution < 1.29 is 4.74 Å². The van der Waals surface area contributed by atoms with E-state index < -0.39 is 0 Å². The smallest absolute Gasteiger partial charge is 0.194 e. The minimum Gasteiger partial charge on any atom is -0.497 e. The Morgan fingerprint density at radius 3 is 2.76 bits per heavy atom. The first-order valence-corrected chi connectivity index (χ1v) is 9.08. The third kappa shape index (κ3) is 5.07. The van der Waals surface area contributed by atoms with Crippen molar-refractivity contribution in [2.75, 3.05) is 27.2 Å². The number of benzene rings is 1. The topological polar surface area (TPSA) is 49.8 Å². The average molecular weight is 472 g/mol. The molecule has 25 heavy (non-hydrogen) atoms. The third-order valence-electron chi connectivity index (χ3n) is 4.35. The third-order valence-corrected chi connectivity index (χ3v) is 5.32. The zero-order valence-corrected chi connectivity index (χ0v) is 18.0. The highest BCUT2D eigenvalue weighted by atomic mass is 127. The van der Waals surface area contributed by atoms with Gasteiger partial charge in [-0.1, -0.05) is 12.1 Å². The van der Waals surface area contributed by atoms with Crippen LogP contribution in [-0.2, 0) is 6.54 Å². The van der Waals surface area contributed by atoms with E-state index >= 15 is 0 Å². The van der Waals surface area contributed by atoms with Gasteiger partial charge in [0.15, 0.2) is 5.96 Å². The first-order valence-electron chi connectivity index (χ1n) is 8.20. The quantitative estimate of drug-likeness (QED) is 0.420. The number of aryl methyl sites for hydroxylation is 1. The minimum atomic E-state index is 0. The molecule has 3 rings (SSSR count). The molecule has 1 aliphatic heterocycles. The summed E-state index contributed by atoms with van der Waals surface area (Å²) in [5.41, 5.74) is 2.44. The van der Waals surface area contributed by atoms with Crippen LogP contribution >= 0.6 is 35.3 Å². The number of aliphatic imine (C=N–C) groups is 1. The Bertz CT molecular complexity index is 701. The first-order chi connectivity index (χ1) is 11.7. The molecule has 1 saturated heterocycles. The SMILES string of the molecule is CN=C(NCc1nc(C)cs1)N1CCC(c2ccc(OC)cc2)C1.I. The summed E-state index contributed by atoms with van der Waals surface area (Å²) in [6.07, 6.45) is 1.14. The summed E-state index contributed by atoms with van der Waals surface area (Å²) in [5.74, 6) is 2.40. The van der Waals surface area contributed by atoms with Crippen molar-refractivity contribution in [2.45, 2.75) is 25.8 Å². The Hall–Kier alpha value is -1.35. The molecule has 1 fully saturated rings. The fourth-order valence-electron chi connectivity index (χ4n) is 3.07. The molecular weight excluding hydrogens is 447 g/mol. The summed E-state index contributed by atoms with van der Waals surface area (Å²) in [5, 5.41) is 6.61. The zero-order chi connectivity index (χ0) is 16.9. The molecule has 2 aromatic rings. The first kappa shape index (κ1) is 20.0. The number of nitrogens with one attached hydrogen (secondary N) is 1. The molecule has 0 saturated carbocycles. The maximum absolute atomic E-state index is 5.24. The number of ether oxygens (including phenoxy) is 1. The van der Waals surface area contributed by atoms with E-state index in [0.29, 0.717) is 5.92 Å². The number of aromatic nitrogens is 1. The molecule has 0 amide bonds. The molecule has 1 aromatic carbocycles. The van der Waals surface area contributed by atoms with Gasteiger partial charge in [0.25, 0.3) is 0 Å². The Kier molecular flexibility index (Phi) is 7.49. The lowest BCUT2D eigenvalue weighted by Gasteiger charge is -2.21. The molecule has 7 heteroatoms. The number of methoxy groups -OCH3 is 1. The van der Waals surface area contributed by atoms with E-state index in [1.807, 2.05) is 26.1 Å². The van der Waals surface area contributed by atoms with Gasteiger partial charge in [-0.25, -0.2) is 4.98 Å². The van der Waals surface area contributed by atoms with Crippen molar-refractivity contribution in [2.24, 2.45) is 4.99 Å². The second kappa shape index (κ2) is 9.38. The fourth-order valence-corrected chi connectivity index (χ4v) is 3.78. The van der Waals surface area contributed by atoms with E-state index in [1.165, 1.54) is 5.56 Å². The highest BCUT2D eigenvalue weighted by Gasteiger charge is 2.26. The standard InChI is InChI=1S/C18H24N4OS.HI/c1-13-12-24-17(21-13)10-20-18(19-2)22-9-8-15(11-22)14-4-6-16(23-3)7-5-14;/h4-7,12,15H,8-11H2,1-3H3,(H,19,20);1H. The van der Waals surface area contributed by atoms with Gasteiger partial charge in [0.05, 0.1) is 13.7 Å². The van der Waals surface area contributed by atoms with Crippen molar-refractivity contribution in [3.63, 3.8) is 0 Å². The van der Waals surface area contributed by atoms with E-state index in [4.69, 9.17) is 4.74 Å². The summed E-state index contributed by atoms with van der Waals surface area (Å²) in [6.45, 7) is 4.76. The van der Waals surface area contributed by atoms with Gasteiger partial charge >= 0.3 is 0 Å². The maximum atomic E-state index is 5.24. The van der Waals surface area contributed by atoms with E-state index in [1.54, 1.807) is 18.4 Å². The van der Waals surface area contributed by atoms with Gasteiger partial charge in [0, 0.05) is 37.1 Å². The number of likely N-dealkylation sites (tertiary alicyclic amines) is 1. The minimum absolute atomic E-state index is 0. The largest absolute Gasteiger partial charge is 0.497 e. The van der Waals surface area contributed by atoms with Crippen LogP contribution in [-0.4, -0.2) is 43.1 Å². The molecule has 136 valence electrons. The Morgan fingerprint density at radius 1 is 1.40 bits per heavy atom. The summed E-state index contributed by atoms with van der Waals surface area (Å²) in [6, 6.07) is 8.41. The van der Waals surface area contributed by atoms with Crippen LogP contribution in [0.15, 0.2) is 34.6 Å². The van der Waals surface area contributed by atoms with Gasteiger partial charge in [-0.2, -0.15) is 0 Å². The van der Waals surface area contributed by atoms with Gasteiger partial charge in [0.1, 0.15) is 10.8 Å². The van der Waals surface area contributed by atoms with Gasteiger partial charge in [-0.3, -0.25) is 4.99 Å². The summed E-state index contributed by atoms with van der Waals surface area (Å²) < 4.78 is 5.24. The number of thiazole rings is 1. The Balaban J connectivity index is 0.00000225. The van der Waals surface area contributed by atoms with E-state index in [0.717, 1.165) is 48.5 Å². The van der Waals surface area contributed by atoms with Crippen LogP contribution in [0, 0.1) is 6.92 Å². The molecule has 2 heterocycles. The molecular formula is C18H25IN4OS. The molecule has 1 N–H and O–H groups in total. The van der Waals surface area contributed by atoms with Crippen LogP contribution in [0.3, 0.4) is 0 Å². The monoisotopic (exact) mass is 472 g/mol. The average Bonchev–Trinajstić information content (AvgIpc) is 3.25. The number of guanidine groups is 1.